The van der Waals surface area contributed by atoms with E-state index in [1.807, 2.05) is 30.3 Å². The number of nitrogens with one attached hydrogen (secondary N) is 1. The molecule has 0 radical (unpaired) electrons. The van der Waals surface area contributed by atoms with Gasteiger partial charge in [-0.15, -0.1) is 24.0 Å². The average Bonchev–Trinajstić information content (AvgIpc) is 2.66. The first-order valence-corrected chi connectivity index (χ1v) is 8.67. The summed E-state index contributed by atoms with van der Waals surface area (Å²) in [6.07, 6.45) is 2.94. The largest absolute Gasteiger partial charge is 0.370 e. The van der Waals surface area contributed by atoms with Crippen LogP contribution in [0.25, 0.3) is 10.9 Å². The van der Waals surface area contributed by atoms with Crippen molar-refractivity contribution in [3.8, 4) is 0 Å². The van der Waals surface area contributed by atoms with Crippen LogP contribution in [0.1, 0.15) is 37.3 Å². The maximum absolute atomic E-state index is 6.04. The molecule has 0 aliphatic carbocycles. The van der Waals surface area contributed by atoms with Crippen LogP contribution in [0.3, 0.4) is 0 Å². The van der Waals surface area contributed by atoms with E-state index in [9.17, 15) is 0 Å². The van der Waals surface area contributed by atoms with Crippen LogP contribution in [0.5, 0.6) is 0 Å². The molecule has 4 nitrogen and oxygen atoms in total. The molecule has 1 aromatic heterocycles. The van der Waals surface area contributed by atoms with Gasteiger partial charge in [-0.2, -0.15) is 0 Å². The van der Waals surface area contributed by atoms with Gasteiger partial charge in [0.1, 0.15) is 0 Å². The van der Waals surface area contributed by atoms with Gasteiger partial charge in [-0.1, -0.05) is 50.2 Å². The summed E-state index contributed by atoms with van der Waals surface area (Å²) in [6.45, 7) is 4.93. The Labute approximate surface area is 172 Å². The Morgan fingerprint density at radius 3 is 2.58 bits per heavy atom. The molecule has 3 aromatic rings. The zero-order valence-corrected chi connectivity index (χ0v) is 17.5. The molecule has 1 atom stereocenters. The van der Waals surface area contributed by atoms with Crippen molar-refractivity contribution in [3.05, 3.63) is 71.9 Å². The molecule has 0 aliphatic rings. The van der Waals surface area contributed by atoms with E-state index < -0.39 is 0 Å². The predicted molar refractivity (Wildman–Crippen MR) is 121 cm³/mol. The molecule has 0 fully saturated rings. The molecular formula is C21H25IN4. The number of para-hydroxylation sites is 1. The molecule has 0 saturated heterocycles. The minimum absolute atomic E-state index is 0. The van der Waals surface area contributed by atoms with E-state index in [0.717, 1.165) is 28.6 Å². The Balaban J connectivity index is 0.00000243. The Hall–Kier alpha value is -2.15. The van der Waals surface area contributed by atoms with E-state index in [-0.39, 0.29) is 24.0 Å². The first-order valence-electron chi connectivity index (χ1n) is 8.67. The Morgan fingerprint density at radius 2 is 1.85 bits per heavy atom. The normalized spacial score (nSPS) is 12.5. The lowest BCUT2D eigenvalue weighted by atomic mass is 9.99. The van der Waals surface area contributed by atoms with Crippen molar-refractivity contribution in [2.24, 2.45) is 10.7 Å². The monoisotopic (exact) mass is 460 g/mol. The number of nitrogens with zero attached hydrogens (tertiary/aromatic N) is 2. The molecule has 1 heterocycles. The molecule has 0 saturated carbocycles. The molecular weight excluding hydrogens is 435 g/mol. The number of benzene rings is 2. The lowest BCUT2D eigenvalue weighted by molar-refractivity contribution is 0.734. The molecule has 0 amide bonds. The zero-order valence-electron chi connectivity index (χ0n) is 15.1. The van der Waals surface area contributed by atoms with Crippen molar-refractivity contribution in [2.45, 2.75) is 32.7 Å². The van der Waals surface area contributed by atoms with Crippen LogP contribution in [0.15, 0.2) is 65.8 Å². The Morgan fingerprint density at radius 1 is 1.12 bits per heavy atom. The van der Waals surface area contributed by atoms with Crippen molar-refractivity contribution in [3.63, 3.8) is 0 Å². The molecule has 1 unspecified atom stereocenters. The van der Waals surface area contributed by atoms with Gasteiger partial charge in [0.2, 0.25) is 0 Å². The predicted octanol–water partition coefficient (Wildman–Crippen LogP) is 5.29. The third-order valence-electron chi connectivity index (χ3n) is 4.50. The number of fused-ring (bicyclic) bond motifs is 1. The van der Waals surface area contributed by atoms with Gasteiger partial charge < -0.3 is 11.1 Å². The average molecular weight is 460 g/mol. The third kappa shape index (κ3) is 4.94. The van der Waals surface area contributed by atoms with Gasteiger partial charge >= 0.3 is 0 Å². The summed E-state index contributed by atoms with van der Waals surface area (Å²) in [5, 5.41) is 4.27. The number of hydrogen-bond donors (Lipinski definition) is 2. The van der Waals surface area contributed by atoms with Crippen LogP contribution in [-0.4, -0.2) is 10.9 Å². The number of halogens is 1. The number of aromatic nitrogens is 1. The van der Waals surface area contributed by atoms with Crippen LogP contribution >= 0.6 is 24.0 Å². The summed E-state index contributed by atoms with van der Waals surface area (Å²) in [6, 6.07) is 18.5. The van der Waals surface area contributed by atoms with E-state index in [2.05, 4.69) is 53.4 Å². The summed E-state index contributed by atoms with van der Waals surface area (Å²) < 4.78 is 0. The number of hydrogen-bond acceptors (Lipinski definition) is 2. The Bertz CT molecular complexity index is 869. The maximum Gasteiger partial charge on any atom is 0.193 e. The Kier molecular flexibility index (Phi) is 7.38. The zero-order chi connectivity index (χ0) is 17.6. The molecule has 136 valence electrons. The highest BCUT2D eigenvalue weighted by molar-refractivity contribution is 14.0. The lowest BCUT2D eigenvalue weighted by Crippen LogP contribution is -2.22. The fraction of sp³-hybridized carbons (Fsp3) is 0.238. The quantitative estimate of drug-likeness (QED) is 0.309. The summed E-state index contributed by atoms with van der Waals surface area (Å²) in [5.74, 6) is 0.975. The van der Waals surface area contributed by atoms with Gasteiger partial charge in [-0.05, 0) is 41.7 Å². The number of aliphatic imine (C=N–C) groups is 1. The molecule has 26 heavy (non-hydrogen) atoms. The summed E-state index contributed by atoms with van der Waals surface area (Å²) in [4.78, 5) is 8.90. The van der Waals surface area contributed by atoms with Crippen molar-refractivity contribution >= 4 is 46.5 Å². The fourth-order valence-electron chi connectivity index (χ4n) is 2.78. The second-order valence-electron chi connectivity index (χ2n) is 6.25. The number of nitrogens with two attached hydrogens (primary N) is 1. The third-order valence-corrected chi connectivity index (χ3v) is 4.50. The van der Waals surface area contributed by atoms with E-state index in [1.54, 1.807) is 6.20 Å². The van der Waals surface area contributed by atoms with E-state index in [4.69, 9.17) is 5.73 Å². The van der Waals surface area contributed by atoms with Gasteiger partial charge in [-0.3, -0.25) is 4.98 Å². The number of rotatable bonds is 5. The van der Waals surface area contributed by atoms with E-state index >= 15 is 0 Å². The highest BCUT2D eigenvalue weighted by Gasteiger charge is 2.04. The molecule has 0 spiro atoms. The van der Waals surface area contributed by atoms with Crippen molar-refractivity contribution in [1.29, 1.82) is 0 Å². The van der Waals surface area contributed by atoms with Gasteiger partial charge in [0.15, 0.2) is 5.96 Å². The molecule has 3 rings (SSSR count). The van der Waals surface area contributed by atoms with Gasteiger partial charge in [0.25, 0.3) is 0 Å². The van der Waals surface area contributed by atoms with Crippen LogP contribution in [-0.2, 0) is 6.54 Å². The van der Waals surface area contributed by atoms with Crippen LogP contribution in [0.2, 0.25) is 0 Å². The topological polar surface area (TPSA) is 63.3 Å². The van der Waals surface area contributed by atoms with Crippen molar-refractivity contribution in [2.75, 3.05) is 5.32 Å². The minimum atomic E-state index is 0. The first-order chi connectivity index (χ1) is 12.2. The van der Waals surface area contributed by atoms with E-state index in [0.29, 0.717) is 18.4 Å². The van der Waals surface area contributed by atoms with Crippen LogP contribution in [0.4, 0.5) is 5.69 Å². The molecule has 3 N–H and O–H groups in total. The SMILES string of the molecule is CCC(C)c1ccc(NC(N)=NCc2cccc3cccnc23)cc1.I. The highest BCUT2D eigenvalue weighted by atomic mass is 127. The van der Waals surface area contributed by atoms with Crippen LogP contribution in [0, 0.1) is 0 Å². The second kappa shape index (κ2) is 9.52. The number of anilines is 1. The molecule has 2 aromatic carbocycles. The molecule has 0 aliphatic heterocycles. The smallest absolute Gasteiger partial charge is 0.193 e. The number of guanidine groups is 1. The summed E-state index contributed by atoms with van der Waals surface area (Å²) in [5.41, 5.74) is 10.4. The van der Waals surface area contributed by atoms with Crippen molar-refractivity contribution in [1.82, 2.24) is 4.98 Å². The number of pyridine rings is 1. The minimum Gasteiger partial charge on any atom is -0.370 e. The van der Waals surface area contributed by atoms with Crippen LogP contribution < -0.4 is 11.1 Å². The summed E-state index contributed by atoms with van der Waals surface area (Å²) in [7, 11) is 0. The van der Waals surface area contributed by atoms with E-state index in [1.165, 1.54) is 5.56 Å². The maximum atomic E-state index is 6.04. The first kappa shape index (κ1) is 20.2. The molecule has 0 bridgehead atoms. The second-order valence-corrected chi connectivity index (χ2v) is 6.25. The van der Waals surface area contributed by atoms with Crippen molar-refractivity contribution < 1.29 is 0 Å². The standard InChI is InChI=1S/C21H24N4.HI/c1-3-15(2)16-9-11-19(12-10-16)25-21(22)24-14-18-7-4-6-17-8-5-13-23-20(17)18;/h4-13,15H,3,14H2,1-2H3,(H3,22,24,25);1H. The van der Waals surface area contributed by atoms with Gasteiger partial charge in [-0.25, -0.2) is 4.99 Å². The van der Waals surface area contributed by atoms with Gasteiger partial charge in [0, 0.05) is 17.3 Å². The highest BCUT2D eigenvalue weighted by Crippen LogP contribution is 2.20. The fourth-order valence-corrected chi connectivity index (χ4v) is 2.78. The summed E-state index contributed by atoms with van der Waals surface area (Å²) >= 11 is 0. The molecule has 5 heteroatoms. The van der Waals surface area contributed by atoms with Gasteiger partial charge in [0.05, 0.1) is 12.1 Å². The lowest BCUT2D eigenvalue weighted by Gasteiger charge is -2.11.